The highest BCUT2D eigenvalue weighted by molar-refractivity contribution is 7.17. The molecule has 110 valence electrons. The molecular weight excluding hydrogens is 318 g/mol. The molecule has 0 fully saturated rings. The molecular formula is C11H9N3O5S2. The molecule has 0 atom stereocenters. The van der Waals surface area contributed by atoms with Crippen LogP contribution in [0.2, 0.25) is 0 Å². The number of nitro groups is 1. The summed E-state index contributed by atoms with van der Waals surface area (Å²) in [7, 11) is 1.41. The number of thiophene rings is 1. The maximum atomic E-state index is 12.3. The number of aromatic carboxylic acids is 1. The molecule has 0 spiro atoms. The smallest absolute Gasteiger partial charge is 0.340 e. The van der Waals surface area contributed by atoms with Crippen molar-refractivity contribution in [3.05, 3.63) is 38.4 Å². The summed E-state index contributed by atoms with van der Waals surface area (Å²) < 4.78 is 3.93. The summed E-state index contributed by atoms with van der Waals surface area (Å²) in [6, 6.07) is 2.58. The average molecular weight is 327 g/mol. The van der Waals surface area contributed by atoms with Gasteiger partial charge in [-0.1, -0.05) is 11.3 Å². The Morgan fingerprint density at radius 2 is 2.10 bits per heavy atom. The van der Waals surface area contributed by atoms with Crippen LogP contribution in [0.1, 0.15) is 25.7 Å². The SMILES string of the molecule is Cc1nsc(N(C)C(=O)c2ccc([N+](=O)[O-])s2)c1C(=O)O. The van der Waals surface area contributed by atoms with E-state index in [2.05, 4.69) is 4.37 Å². The van der Waals surface area contributed by atoms with Gasteiger partial charge in [-0.05, 0) is 24.5 Å². The highest BCUT2D eigenvalue weighted by Crippen LogP contribution is 2.31. The first kappa shape index (κ1) is 15.1. The average Bonchev–Trinajstić information content (AvgIpc) is 3.03. The van der Waals surface area contributed by atoms with Gasteiger partial charge in [0.05, 0.1) is 15.5 Å². The Kier molecular flexibility index (Phi) is 4.00. The number of nitrogens with zero attached hydrogens (tertiary/aromatic N) is 3. The number of carboxylic acids is 1. The van der Waals surface area contributed by atoms with Gasteiger partial charge in [0.1, 0.15) is 10.6 Å². The summed E-state index contributed by atoms with van der Waals surface area (Å²) >= 11 is 1.63. The second kappa shape index (κ2) is 5.58. The van der Waals surface area contributed by atoms with Crippen molar-refractivity contribution in [1.29, 1.82) is 0 Å². The van der Waals surface area contributed by atoms with Crippen LogP contribution < -0.4 is 4.90 Å². The minimum atomic E-state index is -1.17. The van der Waals surface area contributed by atoms with E-state index in [-0.39, 0.29) is 20.4 Å². The molecule has 1 amide bonds. The largest absolute Gasteiger partial charge is 0.478 e. The minimum Gasteiger partial charge on any atom is -0.478 e. The summed E-state index contributed by atoms with van der Waals surface area (Å²) in [6.07, 6.45) is 0. The molecule has 21 heavy (non-hydrogen) atoms. The van der Waals surface area contributed by atoms with Crippen LogP contribution >= 0.6 is 22.9 Å². The van der Waals surface area contributed by atoms with E-state index < -0.39 is 16.8 Å². The molecule has 0 aliphatic carbocycles. The van der Waals surface area contributed by atoms with Gasteiger partial charge in [-0.15, -0.1) is 0 Å². The van der Waals surface area contributed by atoms with Crippen molar-refractivity contribution in [2.24, 2.45) is 0 Å². The molecule has 2 aromatic rings. The van der Waals surface area contributed by atoms with Crippen molar-refractivity contribution in [2.45, 2.75) is 6.92 Å². The zero-order valence-electron chi connectivity index (χ0n) is 10.9. The van der Waals surface area contributed by atoms with Gasteiger partial charge in [-0.25, -0.2) is 4.79 Å². The lowest BCUT2D eigenvalue weighted by Gasteiger charge is -2.14. The molecule has 0 aliphatic rings. The lowest BCUT2D eigenvalue weighted by Crippen LogP contribution is -2.26. The number of carbonyl (C=O) groups is 2. The van der Waals surface area contributed by atoms with Crippen molar-refractivity contribution in [3.8, 4) is 0 Å². The van der Waals surface area contributed by atoms with Gasteiger partial charge in [0.2, 0.25) is 0 Å². The van der Waals surface area contributed by atoms with Crippen LogP contribution in [0.4, 0.5) is 10.0 Å². The van der Waals surface area contributed by atoms with Crippen molar-refractivity contribution < 1.29 is 19.6 Å². The molecule has 2 heterocycles. The molecule has 0 unspecified atom stereocenters. The van der Waals surface area contributed by atoms with E-state index in [0.29, 0.717) is 5.69 Å². The molecule has 0 aromatic carbocycles. The van der Waals surface area contributed by atoms with Gasteiger partial charge in [-0.3, -0.25) is 14.9 Å². The van der Waals surface area contributed by atoms with Crippen LogP contribution in [0.5, 0.6) is 0 Å². The third-order valence-corrected chi connectivity index (χ3v) is 4.69. The molecule has 0 bridgehead atoms. The first-order chi connectivity index (χ1) is 9.82. The van der Waals surface area contributed by atoms with Gasteiger partial charge < -0.3 is 10.0 Å². The third-order valence-electron chi connectivity index (χ3n) is 2.65. The van der Waals surface area contributed by atoms with Gasteiger partial charge in [0.25, 0.3) is 5.91 Å². The van der Waals surface area contributed by atoms with Crippen LogP contribution in [0, 0.1) is 17.0 Å². The topological polar surface area (TPSA) is 114 Å². The maximum Gasteiger partial charge on any atom is 0.340 e. The Morgan fingerprint density at radius 1 is 1.43 bits per heavy atom. The van der Waals surface area contributed by atoms with E-state index in [1.165, 1.54) is 26.1 Å². The number of amides is 1. The maximum absolute atomic E-state index is 12.3. The first-order valence-corrected chi connectivity index (χ1v) is 7.13. The second-order valence-electron chi connectivity index (χ2n) is 4.01. The van der Waals surface area contributed by atoms with Gasteiger partial charge in [0.15, 0.2) is 0 Å². The lowest BCUT2D eigenvalue weighted by atomic mass is 10.2. The van der Waals surface area contributed by atoms with Crippen LogP contribution in [0.15, 0.2) is 12.1 Å². The monoisotopic (exact) mass is 327 g/mol. The number of hydrogen-bond donors (Lipinski definition) is 1. The number of carbonyl (C=O) groups excluding carboxylic acids is 1. The highest BCUT2D eigenvalue weighted by atomic mass is 32.1. The van der Waals surface area contributed by atoms with E-state index in [0.717, 1.165) is 27.8 Å². The van der Waals surface area contributed by atoms with Crippen LogP contribution in [-0.2, 0) is 0 Å². The molecule has 1 N–H and O–H groups in total. The van der Waals surface area contributed by atoms with Gasteiger partial charge >= 0.3 is 11.0 Å². The Labute approximate surface area is 126 Å². The Hall–Kier alpha value is -2.33. The standard InChI is InChI=1S/C11H9N3O5S2/c1-5-8(11(16)17)10(21-12-5)13(2)9(15)6-3-4-7(20-6)14(18)19/h3-4H,1-2H3,(H,16,17). The molecule has 2 aromatic heterocycles. The molecule has 0 aliphatic heterocycles. The zero-order chi connectivity index (χ0) is 15.7. The lowest BCUT2D eigenvalue weighted by molar-refractivity contribution is -0.380. The Balaban J connectivity index is 2.35. The number of carboxylic acid groups (broad SMARTS) is 1. The molecule has 2 rings (SSSR count). The van der Waals surface area contributed by atoms with Crippen molar-refractivity contribution in [2.75, 3.05) is 11.9 Å². The summed E-state index contributed by atoms with van der Waals surface area (Å²) in [4.78, 5) is 34.8. The van der Waals surface area contributed by atoms with Crippen LogP contribution in [0.25, 0.3) is 0 Å². The van der Waals surface area contributed by atoms with E-state index in [1.807, 2.05) is 0 Å². The molecule has 0 saturated heterocycles. The summed E-state index contributed by atoms with van der Waals surface area (Å²) in [6.45, 7) is 1.54. The zero-order valence-corrected chi connectivity index (χ0v) is 12.5. The fourth-order valence-electron chi connectivity index (χ4n) is 1.63. The highest BCUT2D eigenvalue weighted by Gasteiger charge is 2.26. The molecule has 0 radical (unpaired) electrons. The van der Waals surface area contributed by atoms with E-state index in [9.17, 15) is 19.7 Å². The first-order valence-electron chi connectivity index (χ1n) is 5.54. The fraction of sp³-hybridized carbons (Fsp3) is 0.182. The number of aromatic nitrogens is 1. The normalized spacial score (nSPS) is 10.4. The fourth-order valence-corrected chi connectivity index (χ4v) is 3.27. The van der Waals surface area contributed by atoms with Crippen molar-refractivity contribution in [1.82, 2.24) is 4.37 Å². The molecule has 0 saturated carbocycles. The second-order valence-corrected chi connectivity index (χ2v) is 5.83. The van der Waals surface area contributed by atoms with Crippen LogP contribution in [-0.4, -0.2) is 33.3 Å². The summed E-state index contributed by atoms with van der Waals surface area (Å²) in [5.74, 6) is -1.69. The van der Waals surface area contributed by atoms with Gasteiger partial charge in [-0.2, -0.15) is 4.37 Å². The van der Waals surface area contributed by atoms with E-state index >= 15 is 0 Å². The molecule has 10 heteroatoms. The number of anilines is 1. The predicted molar refractivity (Wildman–Crippen MR) is 77.5 cm³/mol. The number of rotatable bonds is 4. The van der Waals surface area contributed by atoms with E-state index in [4.69, 9.17) is 5.11 Å². The Morgan fingerprint density at radius 3 is 2.62 bits per heavy atom. The quantitative estimate of drug-likeness (QED) is 0.681. The van der Waals surface area contributed by atoms with E-state index in [1.54, 1.807) is 0 Å². The van der Waals surface area contributed by atoms with Crippen LogP contribution in [0.3, 0.4) is 0 Å². The third kappa shape index (κ3) is 2.76. The van der Waals surface area contributed by atoms with Crippen molar-refractivity contribution in [3.63, 3.8) is 0 Å². The predicted octanol–water partition coefficient (Wildman–Crippen LogP) is 2.40. The Bertz CT molecular complexity index is 736. The number of hydrogen-bond acceptors (Lipinski definition) is 7. The summed E-state index contributed by atoms with van der Waals surface area (Å²) in [5.41, 5.74) is 0.279. The minimum absolute atomic E-state index is 0.0399. The van der Waals surface area contributed by atoms with Crippen molar-refractivity contribution >= 4 is 44.7 Å². The number of aryl methyl sites for hydroxylation is 1. The summed E-state index contributed by atoms with van der Waals surface area (Å²) in [5, 5.41) is 19.8. The molecule has 8 nitrogen and oxygen atoms in total. The van der Waals surface area contributed by atoms with Gasteiger partial charge in [0, 0.05) is 13.1 Å².